The molecule has 0 bridgehead atoms. The number of fused-ring (bicyclic) bond motifs is 1. The summed E-state index contributed by atoms with van der Waals surface area (Å²) in [6.07, 6.45) is 1.76. The molecule has 1 aromatic carbocycles. The van der Waals surface area contributed by atoms with E-state index in [4.69, 9.17) is 10.2 Å². The lowest BCUT2D eigenvalue weighted by Crippen LogP contribution is -2.14. The Morgan fingerprint density at radius 2 is 1.89 bits per heavy atom. The van der Waals surface area contributed by atoms with E-state index in [1.165, 1.54) is 0 Å². The average Bonchev–Trinajstić information content (AvgIpc) is 2.84. The van der Waals surface area contributed by atoms with Crippen LogP contribution in [0.4, 0.5) is 0 Å². The quantitative estimate of drug-likeness (QED) is 0.759. The van der Waals surface area contributed by atoms with E-state index >= 15 is 0 Å². The van der Waals surface area contributed by atoms with Gasteiger partial charge in [-0.15, -0.1) is 0 Å². The lowest BCUT2D eigenvalue weighted by molar-refractivity contribution is 0.518. The Morgan fingerprint density at radius 3 is 2.63 bits per heavy atom. The number of rotatable bonds is 2. The highest BCUT2D eigenvalue weighted by atomic mass is 16.3. The SMILES string of the molecule is Cc1cccnc1C(N)c1cc2cccc(C)c2o1. The Hall–Kier alpha value is -2.13. The molecule has 0 saturated carbocycles. The average molecular weight is 252 g/mol. The molecule has 3 nitrogen and oxygen atoms in total. The number of nitrogens with two attached hydrogens (primary N) is 1. The summed E-state index contributed by atoms with van der Waals surface area (Å²) in [6, 6.07) is 11.7. The molecule has 3 rings (SSSR count). The van der Waals surface area contributed by atoms with Crippen LogP contribution in [0.3, 0.4) is 0 Å². The molecular weight excluding hydrogens is 236 g/mol. The van der Waals surface area contributed by atoms with Gasteiger partial charge < -0.3 is 10.2 Å². The van der Waals surface area contributed by atoms with E-state index < -0.39 is 0 Å². The fourth-order valence-electron chi connectivity index (χ4n) is 2.34. The van der Waals surface area contributed by atoms with Gasteiger partial charge >= 0.3 is 0 Å². The van der Waals surface area contributed by atoms with Crippen LogP contribution in [0.15, 0.2) is 47.0 Å². The normalized spacial score (nSPS) is 12.8. The summed E-state index contributed by atoms with van der Waals surface area (Å²) in [6.45, 7) is 4.04. The van der Waals surface area contributed by atoms with Crippen LogP contribution >= 0.6 is 0 Å². The Morgan fingerprint density at radius 1 is 1.11 bits per heavy atom. The third kappa shape index (κ3) is 2.02. The van der Waals surface area contributed by atoms with E-state index in [0.717, 1.165) is 33.6 Å². The van der Waals surface area contributed by atoms with Crippen molar-refractivity contribution < 1.29 is 4.42 Å². The van der Waals surface area contributed by atoms with Crippen LogP contribution < -0.4 is 5.73 Å². The van der Waals surface area contributed by atoms with Crippen LogP contribution in [-0.2, 0) is 0 Å². The highest BCUT2D eigenvalue weighted by molar-refractivity contribution is 5.81. The zero-order valence-corrected chi connectivity index (χ0v) is 11.1. The number of para-hydroxylation sites is 1. The van der Waals surface area contributed by atoms with Crippen molar-refractivity contribution in [1.82, 2.24) is 4.98 Å². The van der Waals surface area contributed by atoms with Crippen LogP contribution in [0, 0.1) is 13.8 Å². The summed E-state index contributed by atoms with van der Waals surface area (Å²) >= 11 is 0. The van der Waals surface area contributed by atoms with Crippen LogP contribution in [0.1, 0.15) is 28.6 Å². The topological polar surface area (TPSA) is 52.0 Å². The van der Waals surface area contributed by atoms with E-state index in [-0.39, 0.29) is 6.04 Å². The zero-order valence-electron chi connectivity index (χ0n) is 11.1. The Kier molecular flexibility index (Phi) is 2.84. The van der Waals surface area contributed by atoms with Gasteiger partial charge in [-0.3, -0.25) is 4.98 Å². The van der Waals surface area contributed by atoms with Crippen molar-refractivity contribution in [2.45, 2.75) is 19.9 Å². The molecule has 3 heteroatoms. The first-order valence-electron chi connectivity index (χ1n) is 6.33. The predicted octanol–water partition coefficient (Wildman–Crippen LogP) is 3.49. The number of hydrogen-bond acceptors (Lipinski definition) is 3. The van der Waals surface area contributed by atoms with Gasteiger partial charge in [0.25, 0.3) is 0 Å². The lowest BCUT2D eigenvalue weighted by Gasteiger charge is -2.10. The third-order valence-electron chi connectivity index (χ3n) is 3.41. The second-order valence-electron chi connectivity index (χ2n) is 4.83. The molecule has 19 heavy (non-hydrogen) atoms. The third-order valence-corrected chi connectivity index (χ3v) is 3.41. The highest BCUT2D eigenvalue weighted by Crippen LogP contribution is 2.28. The molecule has 2 aromatic heterocycles. The van der Waals surface area contributed by atoms with Gasteiger partial charge in [-0.1, -0.05) is 24.3 Å². The summed E-state index contributed by atoms with van der Waals surface area (Å²) in [4.78, 5) is 4.36. The standard InChI is InChI=1S/C16H16N2O/c1-10-6-4-8-18-15(10)14(17)13-9-12-7-3-5-11(2)16(12)19-13/h3-9,14H,17H2,1-2H3. The number of furan rings is 1. The number of hydrogen-bond donors (Lipinski definition) is 1. The maximum Gasteiger partial charge on any atom is 0.137 e. The van der Waals surface area contributed by atoms with Crippen molar-refractivity contribution in [3.05, 3.63) is 65.2 Å². The van der Waals surface area contributed by atoms with Gasteiger partial charge in [0.05, 0.1) is 5.69 Å². The fourth-order valence-corrected chi connectivity index (χ4v) is 2.34. The monoisotopic (exact) mass is 252 g/mol. The summed E-state index contributed by atoms with van der Waals surface area (Å²) < 4.78 is 5.91. The van der Waals surface area contributed by atoms with Crippen molar-refractivity contribution in [1.29, 1.82) is 0 Å². The van der Waals surface area contributed by atoms with Crippen LogP contribution in [0.2, 0.25) is 0 Å². The summed E-state index contributed by atoms with van der Waals surface area (Å²) in [5, 5.41) is 1.08. The molecule has 2 N–H and O–H groups in total. The maximum absolute atomic E-state index is 6.27. The minimum absolute atomic E-state index is 0.326. The first-order valence-corrected chi connectivity index (χ1v) is 6.33. The molecule has 1 atom stereocenters. The maximum atomic E-state index is 6.27. The Balaban J connectivity index is 2.10. The zero-order chi connectivity index (χ0) is 13.4. The number of aryl methyl sites for hydroxylation is 2. The van der Waals surface area contributed by atoms with Crippen molar-refractivity contribution in [3.8, 4) is 0 Å². The van der Waals surface area contributed by atoms with Gasteiger partial charge in [0.1, 0.15) is 17.4 Å². The van der Waals surface area contributed by atoms with Gasteiger partial charge in [0.15, 0.2) is 0 Å². The van der Waals surface area contributed by atoms with E-state index in [1.54, 1.807) is 6.20 Å². The minimum Gasteiger partial charge on any atom is -0.459 e. The number of pyridine rings is 1. The van der Waals surface area contributed by atoms with E-state index in [2.05, 4.69) is 4.98 Å². The molecular formula is C16H16N2O. The fraction of sp³-hybridized carbons (Fsp3) is 0.188. The van der Waals surface area contributed by atoms with Gasteiger partial charge in [0.2, 0.25) is 0 Å². The second kappa shape index (κ2) is 4.52. The molecule has 0 fully saturated rings. The molecule has 96 valence electrons. The van der Waals surface area contributed by atoms with Crippen LogP contribution in [-0.4, -0.2) is 4.98 Å². The molecule has 0 spiro atoms. The van der Waals surface area contributed by atoms with Gasteiger partial charge in [-0.05, 0) is 37.1 Å². The molecule has 3 aromatic rings. The van der Waals surface area contributed by atoms with E-state index in [0.29, 0.717) is 0 Å². The number of aromatic nitrogens is 1. The molecule has 0 aliphatic heterocycles. The van der Waals surface area contributed by atoms with Crippen molar-refractivity contribution in [2.75, 3.05) is 0 Å². The molecule has 0 aliphatic carbocycles. The van der Waals surface area contributed by atoms with Crippen LogP contribution in [0.5, 0.6) is 0 Å². The first-order chi connectivity index (χ1) is 9.16. The Labute approximate surface area is 112 Å². The highest BCUT2D eigenvalue weighted by Gasteiger charge is 2.17. The molecule has 0 saturated heterocycles. The van der Waals surface area contributed by atoms with Crippen molar-refractivity contribution >= 4 is 11.0 Å². The molecule has 0 radical (unpaired) electrons. The van der Waals surface area contributed by atoms with Crippen molar-refractivity contribution in [2.24, 2.45) is 5.73 Å². The summed E-state index contributed by atoms with van der Waals surface area (Å²) in [7, 11) is 0. The van der Waals surface area contributed by atoms with E-state index in [9.17, 15) is 0 Å². The second-order valence-corrected chi connectivity index (χ2v) is 4.83. The molecule has 0 amide bonds. The molecule has 1 unspecified atom stereocenters. The predicted molar refractivity (Wildman–Crippen MR) is 76.0 cm³/mol. The van der Waals surface area contributed by atoms with Gasteiger partial charge in [-0.25, -0.2) is 0 Å². The van der Waals surface area contributed by atoms with Crippen LogP contribution in [0.25, 0.3) is 11.0 Å². The Bertz CT molecular complexity index is 730. The summed E-state index contributed by atoms with van der Waals surface area (Å²) in [5.41, 5.74) is 10.2. The largest absolute Gasteiger partial charge is 0.459 e. The van der Waals surface area contributed by atoms with E-state index in [1.807, 2.05) is 50.2 Å². The lowest BCUT2D eigenvalue weighted by atomic mass is 10.1. The molecule has 0 aliphatic rings. The van der Waals surface area contributed by atoms with Gasteiger partial charge in [-0.2, -0.15) is 0 Å². The summed E-state index contributed by atoms with van der Waals surface area (Å²) in [5.74, 6) is 0.756. The van der Waals surface area contributed by atoms with Gasteiger partial charge in [0, 0.05) is 11.6 Å². The number of nitrogens with zero attached hydrogens (tertiary/aromatic N) is 1. The smallest absolute Gasteiger partial charge is 0.137 e. The minimum atomic E-state index is -0.326. The van der Waals surface area contributed by atoms with Crippen molar-refractivity contribution in [3.63, 3.8) is 0 Å². The first kappa shape index (κ1) is 11.9. The molecule has 2 heterocycles. The number of benzene rings is 1.